The molecule has 0 N–H and O–H groups in total. The molecule has 0 atom stereocenters. The molecule has 0 aliphatic carbocycles. The maximum atomic E-state index is 12.2. The predicted octanol–water partition coefficient (Wildman–Crippen LogP) is -1.17. The molecule has 1 saturated heterocycles. The third kappa shape index (κ3) is 6.17. The molecule has 0 unspecified atom stereocenters. The van der Waals surface area contributed by atoms with Crippen LogP contribution in [0.5, 0.6) is 0 Å². The molecule has 0 aromatic heterocycles. The van der Waals surface area contributed by atoms with Gasteiger partial charge in [0, 0.05) is 19.0 Å². The Balaban J connectivity index is 0.00000280. The molecule has 142 valence electrons. The predicted molar refractivity (Wildman–Crippen MR) is 99.9 cm³/mol. The smallest absolute Gasteiger partial charge is 0.548 e. The number of aliphatic carboxylic acids is 1. The van der Waals surface area contributed by atoms with E-state index in [1.54, 1.807) is 4.90 Å². The Morgan fingerprint density at radius 2 is 1.43 bits per heavy atom. The van der Waals surface area contributed by atoms with Crippen LogP contribution in [0.3, 0.4) is 0 Å². The molecular weight excluding hydrogens is 365 g/mol. The normalized spacial score (nSPS) is 14.5. The molecule has 1 aliphatic rings. The van der Waals surface area contributed by atoms with Gasteiger partial charge in [-0.2, -0.15) is 0 Å². The van der Waals surface area contributed by atoms with Crippen molar-refractivity contribution in [2.24, 2.45) is 5.92 Å². The number of amides is 1. The topological polar surface area (TPSA) is 69.7 Å². The molecule has 0 saturated carbocycles. The number of piperidine rings is 1. The van der Waals surface area contributed by atoms with Crippen LogP contribution in [0.15, 0.2) is 60.7 Å². The molecule has 2 aromatic carbocycles. The molecule has 0 spiro atoms. The average molecular weight is 389 g/mol. The summed E-state index contributed by atoms with van der Waals surface area (Å²) in [6.07, 6.45) is 1.81. The summed E-state index contributed by atoms with van der Waals surface area (Å²) in [6, 6.07) is 21.0. The second-order valence-corrected chi connectivity index (χ2v) is 6.88. The summed E-state index contributed by atoms with van der Waals surface area (Å²) in [5, 5.41) is 10.4. The van der Waals surface area contributed by atoms with Gasteiger partial charge in [0.25, 0.3) is 0 Å². The van der Waals surface area contributed by atoms with Gasteiger partial charge in [-0.15, -0.1) is 0 Å². The Bertz CT molecular complexity index is 706. The van der Waals surface area contributed by atoms with Crippen molar-refractivity contribution in [2.75, 3.05) is 26.3 Å². The number of carboxylic acids is 1. The summed E-state index contributed by atoms with van der Waals surface area (Å²) in [4.78, 5) is 24.3. The Labute approximate surface area is 188 Å². The minimum absolute atomic E-state index is 0. The molecule has 0 bridgehead atoms. The van der Waals surface area contributed by atoms with Crippen LogP contribution in [-0.2, 0) is 14.3 Å². The Morgan fingerprint density at radius 3 is 1.89 bits per heavy atom. The van der Waals surface area contributed by atoms with Crippen molar-refractivity contribution in [2.45, 2.75) is 18.8 Å². The van der Waals surface area contributed by atoms with E-state index in [4.69, 9.17) is 4.74 Å². The monoisotopic (exact) mass is 389 g/mol. The molecule has 1 heterocycles. The van der Waals surface area contributed by atoms with Gasteiger partial charge in [0.2, 0.25) is 5.91 Å². The summed E-state index contributed by atoms with van der Waals surface area (Å²) in [5.41, 5.74) is 2.59. The van der Waals surface area contributed by atoms with Crippen LogP contribution in [-0.4, -0.2) is 43.1 Å². The van der Waals surface area contributed by atoms with Gasteiger partial charge in [0.15, 0.2) is 0 Å². The molecule has 1 amide bonds. The fourth-order valence-electron chi connectivity index (χ4n) is 3.85. The standard InChI is InChI=1S/C22H25NO4.Na/c24-20(15-27-16-21(25)26)23-13-11-19(12-14-23)22(17-7-3-1-4-8-17)18-9-5-2-6-10-18;/h1-10,19,22H,11-16H2,(H,25,26);/q;+1/p-1. The molecule has 0 radical (unpaired) electrons. The van der Waals surface area contributed by atoms with Gasteiger partial charge in [-0.25, -0.2) is 0 Å². The molecule has 6 heteroatoms. The van der Waals surface area contributed by atoms with Crippen LogP contribution in [0.2, 0.25) is 0 Å². The van der Waals surface area contributed by atoms with Gasteiger partial charge in [0.05, 0.1) is 12.6 Å². The zero-order valence-electron chi connectivity index (χ0n) is 16.3. The van der Waals surface area contributed by atoms with E-state index in [0.717, 1.165) is 12.8 Å². The maximum absolute atomic E-state index is 12.2. The first-order valence-corrected chi connectivity index (χ1v) is 9.30. The molecule has 3 rings (SSSR count). The van der Waals surface area contributed by atoms with Gasteiger partial charge in [-0.3, -0.25) is 4.79 Å². The summed E-state index contributed by atoms with van der Waals surface area (Å²) in [7, 11) is 0. The summed E-state index contributed by atoms with van der Waals surface area (Å²) >= 11 is 0. The third-order valence-corrected chi connectivity index (χ3v) is 5.13. The fraction of sp³-hybridized carbons (Fsp3) is 0.364. The quantitative estimate of drug-likeness (QED) is 0.560. The van der Waals surface area contributed by atoms with E-state index in [1.165, 1.54) is 11.1 Å². The number of rotatable bonds is 7. The van der Waals surface area contributed by atoms with Gasteiger partial charge >= 0.3 is 29.6 Å². The van der Waals surface area contributed by atoms with Gasteiger partial charge in [-0.1, -0.05) is 60.7 Å². The van der Waals surface area contributed by atoms with Crippen molar-refractivity contribution >= 4 is 11.9 Å². The van der Waals surface area contributed by atoms with E-state index in [2.05, 4.69) is 48.5 Å². The molecule has 1 fully saturated rings. The Kier molecular flexibility index (Phi) is 9.19. The van der Waals surface area contributed by atoms with E-state index in [9.17, 15) is 14.7 Å². The zero-order chi connectivity index (χ0) is 19.1. The van der Waals surface area contributed by atoms with E-state index in [0.29, 0.717) is 24.9 Å². The Hall–Kier alpha value is -1.66. The number of carbonyl (C=O) groups excluding carboxylic acids is 2. The van der Waals surface area contributed by atoms with Crippen molar-refractivity contribution in [1.29, 1.82) is 0 Å². The minimum atomic E-state index is -1.31. The van der Waals surface area contributed by atoms with Crippen LogP contribution in [0.25, 0.3) is 0 Å². The van der Waals surface area contributed by atoms with E-state index >= 15 is 0 Å². The maximum Gasteiger partial charge on any atom is 1.00 e. The number of hydrogen-bond donors (Lipinski definition) is 0. The van der Waals surface area contributed by atoms with E-state index < -0.39 is 12.6 Å². The molecule has 5 nitrogen and oxygen atoms in total. The number of benzene rings is 2. The van der Waals surface area contributed by atoms with Crippen LogP contribution < -0.4 is 34.7 Å². The number of carboxylic acid groups (broad SMARTS) is 1. The van der Waals surface area contributed by atoms with Crippen LogP contribution >= 0.6 is 0 Å². The number of hydrogen-bond acceptors (Lipinski definition) is 4. The van der Waals surface area contributed by atoms with Gasteiger partial charge in [-0.05, 0) is 29.9 Å². The minimum Gasteiger partial charge on any atom is -0.548 e. The first kappa shape index (κ1) is 22.6. The number of likely N-dealkylation sites (tertiary alicyclic amines) is 1. The van der Waals surface area contributed by atoms with Crippen molar-refractivity contribution in [3.63, 3.8) is 0 Å². The van der Waals surface area contributed by atoms with Crippen LogP contribution in [0.1, 0.15) is 29.9 Å². The van der Waals surface area contributed by atoms with Gasteiger partial charge < -0.3 is 19.5 Å². The largest absolute Gasteiger partial charge is 1.00 e. The summed E-state index contributed by atoms with van der Waals surface area (Å²) in [5.74, 6) is -0.720. The first-order chi connectivity index (χ1) is 13.1. The molecular formula is C22H24NNaO4. The van der Waals surface area contributed by atoms with Crippen LogP contribution in [0, 0.1) is 5.92 Å². The van der Waals surface area contributed by atoms with Crippen molar-refractivity contribution in [3.05, 3.63) is 71.8 Å². The molecule has 1 aliphatic heterocycles. The number of nitrogens with zero attached hydrogens (tertiary/aromatic N) is 1. The second-order valence-electron chi connectivity index (χ2n) is 6.88. The van der Waals surface area contributed by atoms with E-state index in [-0.39, 0.29) is 42.1 Å². The SMILES string of the molecule is O=C([O-])COCC(=O)N1CCC(C(c2ccccc2)c2ccccc2)CC1.[Na+]. The summed E-state index contributed by atoms with van der Waals surface area (Å²) in [6.45, 7) is 0.564. The zero-order valence-corrected chi connectivity index (χ0v) is 18.3. The third-order valence-electron chi connectivity index (χ3n) is 5.13. The summed E-state index contributed by atoms with van der Waals surface area (Å²) < 4.78 is 4.87. The molecule has 28 heavy (non-hydrogen) atoms. The fourth-order valence-corrected chi connectivity index (χ4v) is 3.85. The Morgan fingerprint density at radius 1 is 0.929 bits per heavy atom. The van der Waals surface area contributed by atoms with Crippen molar-refractivity contribution in [1.82, 2.24) is 4.90 Å². The van der Waals surface area contributed by atoms with E-state index in [1.807, 2.05) is 12.1 Å². The van der Waals surface area contributed by atoms with Crippen LogP contribution in [0.4, 0.5) is 0 Å². The average Bonchev–Trinajstić information content (AvgIpc) is 2.70. The number of ether oxygens (including phenoxy) is 1. The number of carbonyl (C=O) groups is 2. The second kappa shape index (κ2) is 11.4. The van der Waals surface area contributed by atoms with Crippen molar-refractivity contribution in [3.8, 4) is 0 Å². The van der Waals surface area contributed by atoms with Crippen molar-refractivity contribution < 1.29 is 49.0 Å². The first-order valence-electron chi connectivity index (χ1n) is 9.30. The molecule has 2 aromatic rings. The van der Waals surface area contributed by atoms with Gasteiger partial charge in [0.1, 0.15) is 6.61 Å².